The fourth-order valence-corrected chi connectivity index (χ4v) is 2.78. The summed E-state index contributed by atoms with van der Waals surface area (Å²) in [4.78, 5) is 24.6. The summed E-state index contributed by atoms with van der Waals surface area (Å²) in [5, 5.41) is 2.76. The van der Waals surface area contributed by atoms with Crippen molar-refractivity contribution in [3.63, 3.8) is 0 Å². The van der Waals surface area contributed by atoms with Crippen LogP contribution in [0.5, 0.6) is 0 Å². The Balaban J connectivity index is 1.91. The van der Waals surface area contributed by atoms with Crippen LogP contribution >= 0.6 is 27.7 Å². The van der Waals surface area contributed by atoms with E-state index in [4.69, 9.17) is 0 Å². The van der Waals surface area contributed by atoms with Crippen LogP contribution in [0.3, 0.4) is 0 Å². The summed E-state index contributed by atoms with van der Waals surface area (Å²) >= 11 is 4.86. The van der Waals surface area contributed by atoms with Gasteiger partial charge in [0.2, 0.25) is 11.8 Å². The van der Waals surface area contributed by atoms with Crippen molar-refractivity contribution in [3.05, 3.63) is 28.7 Å². The number of rotatable bonds is 3. The number of hydrogen-bond acceptors (Lipinski definition) is 3. The quantitative estimate of drug-likeness (QED) is 0.927. The van der Waals surface area contributed by atoms with Gasteiger partial charge in [0.25, 0.3) is 0 Å². The molecule has 1 heterocycles. The summed E-state index contributed by atoms with van der Waals surface area (Å²) < 4.78 is 0.906. The lowest BCUT2D eigenvalue weighted by atomic mass is 10.3. The molecular formula is C11H11BrN2O2S. The highest BCUT2D eigenvalue weighted by Gasteiger charge is 2.22. The van der Waals surface area contributed by atoms with Crippen molar-refractivity contribution >= 4 is 45.2 Å². The average Bonchev–Trinajstić information content (AvgIpc) is 2.64. The molecule has 17 heavy (non-hydrogen) atoms. The monoisotopic (exact) mass is 314 g/mol. The molecule has 2 amide bonds. The zero-order valence-corrected chi connectivity index (χ0v) is 11.4. The SMILES string of the molecule is O=C(CN1CSCC1=O)Nc1cccc(Br)c1. The summed E-state index contributed by atoms with van der Waals surface area (Å²) in [5.74, 6) is 0.938. The van der Waals surface area contributed by atoms with Gasteiger partial charge in [-0.05, 0) is 18.2 Å². The molecule has 1 fully saturated rings. The molecule has 1 aromatic rings. The Labute approximate surface area is 112 Å². The molecule has 0 aromatic heterocycles. The lowest BCUT2D eigenvalue weighted by Crippen LogP contribution is -2.34. The van der Waals surface area contributed by atoms with E-state index in [1.165, 1.54) is 11.8 Å². The van der Waals surface area contributed by atoms with E-state index < -0.39 is 0 Å². The van der Waals surface area contributed by atoms with Gasteiger partial charge in [0.05, 0.1) is 11.6 Å². The molecule has 6 heteroatoms. The highest BCUT2D eigenvalue weighted by atomic mass is 79.9. The lowest BCUT2D eigenvalue weighted by molar-refractivity contribution is -0.130. The van der Waals surface area contributed by atoms with Crippen molar-refractivity contribution < 1.29 is 9.59 Å². The van der Waals surface area contributed by atoms with Gasteiger partial charge in [-0.15, -0.1) is 11.8 Å². The first-order chi connectivity index (χ1) is 8.15. The van der Waals surface area contributed by atoms with Crippen LogP contribution in [0.25, 0.3) is 0 Å². The Bertz CT molecular complexity index is 453. The second kappa shape index (κ2) is 5.55. The van der Waals surface area contributed by atoms with Gasteiger partial charge in [-0.25, -0.2) is 0 Å². The Morgan fingerprint density at radius 1 is 1.53 bits per heavy atom. The second-order valence-electron chi connectivity index (χ2n) is 3.63. The summed E-state index contributed by atoms with van der Waals surface area (Å²) in [6, 6.07) is 7.36. The zero-order valence-electron chi connectivity index (χ0n) is 8.98. The van der Waals surface area contributed by atoms with Crippen molar-refractivity contribution in [2.75, 3.05) is 23.5 Å². The van der Waals surface area contributed by atoms with Crippen LogP contribution in [0.1, 0.15) is 0 Å². The smallest absolute Gasteiger partial charge is 0.244 e. The topological polar surface area (TPSA) is 49.4 Å². The van der Waals surface area contributed by atoms with Gasteiger partial charge in [0, 0.05) is 10.2 Å². The van der Waals surface area contributed by atoms with Crippen LogP contribution in [0, 0.1) is 0 Å². The number of thioether (sulfide) groups is 1. The van der Waals surface area contributed by atoms with Crippen LogP contribution in [-0.4, -0.2) is 34.9 Å². The molecule has 4 nitrogen and oxygen atoms in total. The molecule has 1 aliphatic heterocycles. The number of carbonyl (C=O) groups is 2. The number of amides is 2. The number of carbonyl (C=O) groups excluding carboxylic acids is 2. The molecular weight excluding hydrogens is 304 g/mol. The van der Waals surface area contributed by atoms with Gasteiger partial charge in [-0.3, -0.25) is 9.59 Å². The van der Waals surface area contributed by atoms with Gasteiger partial charge in [0.1, 0.15) is 6.54 Å². The summed E-state index contributed by atoms with van der Waals surface area (Å²) in [6.07, 6.45) is 0. The van der Waals surface area contributed by atoms with Crippen LogP contribution in [0.2, 0.25) is 0 Å². The average molecular weight is 315 g/mol. The highest BCUT2D eigenvalue weighted by Crippen LogP contribution is 2.17. The maximum Gasteiger partial charge on any atom is 0.244 e. The van der Waals surface area contributed by atoms with Crippen molar-refractivity contribution in [1.29, 1.82) is 0 Å². The predicted octanol–water partition coefficient (Wildman–Crippen LogP) is 1.92. The van der Waals surface area contributed by atoms with Gasteiger partial charge in [0.15, 0.2) is 0 Å². The van der Waals surface area contributed by atoms with E-state index in [1.807, 2.05) is 24.3 Å². The standard InChI is InChI=1S/C11H11BrN2O2S/c12-8-2-1-3-9(4-8)13-10(15)5-14-7-17-6-11(14)16/h1-4H,5-7H2,(H,13,15). The number of hydrogen-bond donors (Lipinski definition) is 1. The van der Waals surface area contributed by atoms with Crippen LogP contribution in [0.4, 0.5) is 5.69 Å². The molecule has 1 aromatic carbocycles. The molecule has 90 valence electrons. The molecule has 0 unspecified atom stereocenters. The first-order valence-corrected chi connectivity index (χ1v) is 7.01. The van der Waals surface area contributed by atoms with Crippen molar-refractivity contribution in [2.45, 2.75) is 0 Å². The maximum absolute atomic E-state index is 11.7. The number of benzene rings is 1. The van der Waals surface area contributed by atoms with E-state index in [0.717, 1.165) is 10.2 Å². The van der Waals surface area contributed by atoms with E-state index in [2.05, 4.69) is 21.2 Å². The maximum atomic E-state index is 11.7. The molecule has 0 saturated carbocycles. The first kappa shape index (κ1) is 12.4. The minimum atomic E-state index is -0.168. The number of nitrogens with one attached hydrogen (secondary N) is 1. The minimum absolute atomic E-state index is 0.0272. The van der Waals surface area contributed by atoms with Crippen molar-refractivity contribution in [3.8, 4) is 0 Å². The largest absolute Gasteiger partial charge is 0.325 e. The summed E-state index contributed by atoms with van der Waals surface area (Å²) in [7, 11) is 0. The second-order valence-corrected chi connectivity index (χ2v) is 5.50. The van der Waals surface area contributed by atoms with Crippen LogP contribution < -0.4 is 5.32 Å². The zero-order chi connectivity index (χ0) is 12.3. The van der Waals surface area contributed by atoms with Gasteiger partial charge >= 0.3 is 0 Å². The van der Waals surface area contributed by atoms with Gasteiger partial charge < -0.3 is 10.2 Å². The Kier molecular flexibility index (Phi) is 4.06. The summed E-state index contributed by atoms with van der Waals surface area (Å²) in [6.45, 7) is 0.123. The molecule has 0 aliphatic carbocycles. The van der Waals surface area contributed by atoms with E-state index in [0.29, 0.717) is 11.6 Å². The molecule has 0 spiro atoms. The molecule has 1 saturated heterocycles. The number of halogens is 1. The van der Waals surface area contributed by atoms with E-state index in [-0.39, 0.29) is 18.4 Å². The molecule has 0 atom stereocenters. The molecule has 0 bridgehead atoms. The van der Waals surface area contributed by atoms with Gasteiger partial charge in [-0.2, -0.15) is 0 Å². The molecule has 0 radical (unpaired) electrons. The Morgan fingerprint density at radius 3 is 3.00 bits per heavy atom. The van der Waals surface area contributed by atoms with Gasteiger partial charge in [-0.1, -0.05) is 22.0 Å². The minimum Gasteiger partial charge on any atom is -0.325 e. The van der Waals surface area contributed by atoms with E-state index in [1.54, 1.807) is 4.90 Å². The first-order valence-electron chi connectivity index (χ1n) is 5.06. The molecule has 1 N–H and O–H groups in total. The van der Waals surface area contributed by atoms with Crippen molar-refractivity contribution in [2.24, 2.45) is 0 Å². The van der Waals surface area contributed by atoms with Crippen LogP contribution in [0.15, 0.2) is 28.7 Å². The van der Waals surface area contributed by atoms with Crippen molar-refractivity contribution in [1.82, 2.24) is 4.90 Å². The third kappa shape index (κ3) is 3.47. The highest BCUT2D eigenvalue weighted by molar-refractivity contribution is 9.10. The number of nitrogens with zero attached hydrogens (tertiary/aromatic N) is 1. The Hall–Kier alpha value is -1.01. The third-order valence-corrected chi connectivity index (χ3v) is 3.71. The third-order valence-electron chi connectivity index (χ3n) is 2.27. The van der Waals surface area contributed by atoms with Crippen LogP contribution in [-0.2, 0) is 9.59 Å². The number of anilines is 1. The lowest BCUT2D eigenvalue weighted by Gasteiger charge is -2.14. The molecule has 1 aliphatic rings. The predicted molar refractivity (Wildman–Crippen MR) is 71.8 cm³/mol. The molecule has 2 rings (SSSR count). The van der Waals surface area contributed by atoms with E-state index in [9.17, 15) is 9.59 Å². The normalized spacial score (nSPS) is 15.1. The fraction of sp³-hybridized carbons (Fsp3) is 0.273. The summed E-state index contributed by atoms with van der Waals surface area (Å²) in [5.41, 5.74) is 0.726. The fourth-order valence-electron chi connectivity index (χ4n) is 1.48. The van der Waals surface area contributed by atoms with E-state index >= 15 is 0 Å². The Morgan fingerprint density at radius 2 is 2.35 bits per heavy atom.